The fourth-order valence-corrected chi connectivity index (χ4v) is 7.57. The molecule has 5 atom stereocenters. The molecular weight excluding hydrogens is 733 g/mol. The molecule has 298 valence electrons. The van der Waals surface area contributed by atoms with Crippen molar-refractivity contribution in [3.05, 3.63) is 91.0 Å². The number of aromatic amines is 2. The van der Waals surface area contributed by atoms with Crippen molar-refractivity contribution in [2.75, 3.05) is 27.3 Å². The summed E-state index contributed by atoms with van der Waals surface area (Å²) >= 11 is 0. The van der Waals surface area contributed by atoms with Crippen LogP contribution in [-0.2, 0) is 30.3 Å². The Bertz CT molecular complexity index is 2170. The number of primary amides is 1. The quantitative estimate of drug-likeness (QED) is 0.131. The molecule has 3 aromatic heterocycles. The molecule has 2 aliphatic heterocycles. The molecule has 0 saturated carbocycles. The topological polar surface area (TPSA) is 216 Å². The number of hydrogen-bond donors (Lipinski definition) is 4. The van der Waals surface area contributed by atoms with E-state index < -0.39 is 30.4 Å². The standard InChI is InChI=1S/C40H46N10O7/c1-24(55-2)34(47-40(54)56-3)38(52)50-20-5-8-32(50)36-43-22-30(46-36)28-15-11-26(12-16-28)25-9-13-27(14-10-25)29-21-42-35(45-29)31-7-4-19-49(31)37(51)33(57-39(41)53)23-48-18-6-17-44-48/h6,9-18,21-22,24,31-34H,4-5,7-8,19-20,23H2,1-3H3,(H2,41,53)(H,42,45)(H,43,46)(H,47,54)/t24-,31+,32?,33+,34+/m1/s1. The second kappa shape index (κ2) is 17.1. The highest BCUT2D eigenvalue weighted by Gasteiger charge is 2.39. The Labute approximate surface area is 328 Å². The summed E-state index contributed by atoms with van der Waals surface area (Å²) in [7, 11) is 2.75. The van der Waals surface area contributed by atoms with Crippen LogP contribution in [0.5, 0.6) is 0 Å². The van der Waals surface area contributed by atoms with Gasteiger partial charge in [-0.1, -0.05) is 48.5 Å². The van der Waals surface area contributed by atoms with Gasteiger partial charge >= 0.3 is 12.2 Å². The lowest BCUT2D eigenvalue weighted by Gasteiger charge is -2.30. The Morgan fingerprint density at radius 3 is 1.82 bits per heavy atom. The van der Waals surface area contributed by atoms with Crippen molar-refractivity contribution >= 4 is 24.0 Å². The zero-order valence-corrected chi connectivity index (χ0v) is 32.0. The third kappa shape index (κ3) is 8.52. The number of imidazole rings is 2. The first kappa shape index (κ1) is 38.8. The normalized spacial score (nSPS) is 18.2. The second-order valence-electron chi connectivity index (χ2n) is 14.1. The smallest absolute Gasteiger partial charge is 0.407 e. The van der Waals surface area contributed by atoms with Gasteiger partial charge in [0, 0.05) is 32.6 Å². The second-order valence-corrected chi connectivity index (χ2v) is 14.1. The number of nitrogens with zero attached hydrogens (tertiary/aromatic N) is 6. The molecule has 2 aliphatic rings. The molecule has 7 rings (SSSR count). The van der Waals surface area contributed by atoms with Crippen LogP contribution in [0, 0.1) is 0 Å². The van der Waals surface area contributed by atoms with Gasteiger partial charge in [-0.15, -0.1) is 0 Å². The first-order chi connectivity index (χ1) is 27.6. The van der Waals surface area contributed by atoms with Crippen LogP contribution in [0.15, 0.2) is 79.4 Å². The maximum Gasteiger partial charge on any atom is 0.407 e. The van der Waals surface area contributed by atoms with Crippen LogP contribution < -0.4 is 11.1 Å². The maximum absolute atomic E-state index is 13.6. The molecule has 2 fully saturated rings. The highest BCUT2D eigenvalue weighted by Crippen LogP contribution is 2.35. The van der Waals surface area contributed by atoms with E-state index in [0.717, 1.165) is 52.9 Å². The van der Waals surface area contributed by atoms with Gasteiger partial charge in [0.2, 0.25) is 12.0 Å². The molecule has 17 nitrogen and oxygen atoms in total. The predicted octanol–water partition coefficient (Wildman–Crippen LogP) is 4.58. The van der Waals surface area contributed by atoms with Crippen molar-refractivity contribution in [3.63, 3.8) is 0 Å². The summed E-state index contributed by atoms with van der Waals surface area (Å²) in [5, 5.41) is 6.75. The van der Waals surface area contributed by atoms with Crippen molar-refractivity contribution in [1.82, 2.24) is 44.8 Å². The third-order valence-electron chi connectivity index (χ3n) is 10.6. The summed E-state index contributed by atoms with van der Waals surface area (Å²) in [5.41, 5.74) is 10.9. The Hall–Kier alpha value is -6.49. The fourth-order valence-electron chi connectivity index (χ4n) is 7.57. The van der Waals surface area contributed by atoms with Gasteiger partial charge in [-0.2, -0.15) is 5.10 Å². The summed E-state index contributed by atoms with van der Waals surface area (Å²) < 4.78 is 16.9. The third-order valence-corrected chi connectivity index (χ3v) is 10.6. The van der Waals surface area contributed by atoms with Gasteiger partial charge < -0.3 is 45.0 Å². The van der Waals surface area contributed by atoms with Crippen molar-refractivity contribution in [2.45, 2.75) is 69.5 Å². The highest BCUT2D eigenvalue weighted by molar-refractivity contribution is 5.87. The number of carbonyl (C=O) groups is 4. The SMILES string of the molecule is COC(=O)N[C@H](C(=O)N1CCCC1c1ncc(-c2ccc(-c3ccc(-c4cnc([C@@H]5CCCN5C(=O)[C@H](Cn5cccn5)OC(N)=O)[nH]4)cc3)cc2)[nH]1)[C@@H](C)OC. The first-order valence-corrected chi connectivity index (χ1v) is 18.9. The Balaban J connectivity index is 0.999. The number of rotatable bonds is 13. The number of ether oxygens (including phenoxy) is 3. The number of nitrogens with one attached hydrogen (secondary N) is 3. The summed E-state index contributed by atoms with van der Waals surface area (Å²) in [5.74, 6) is 0.730. The molecular formula is C40H46N10O7. The van der Waals surface area contributed by atoms with Gasteiger partial charge in [-0.3, -0.25) is 14.3 Å². The van der Waals surface area contributed by atoms with E-state index >= 15 is 0 Å². The van der Waals surface area contributed by atoms with Crippen LogP contribution in [0.3, 0.4) is 0 Å². The van der Waals surface area contributed by atoms with E-state index in [-0.39, 0.29) is 30.4 Å². The van der Waals surface area contributed by atoms with E-state index in [1.54, 1.807) is 47.6 Å². The number of hydrogen-bond acceptors (Lipinski definition) is 10. The molecule has 2 saturated heterocycles. The number of nitrogens with two attached hydrogens (primary N) is 1. The molecule has 0 aliphatic carbocycles. The first-order valence-electron chi connectivity index (χ1n) is 18.9. The monoisotopic (exact) mass is 778 g/mol. The number of likely N-dealkylation sites (tertiary alicyclic amines) is 2. The molecule has 0 bridgehead atoms. The maximum atomic E-state index is 13.6. The van der Waals surface area contributed by atoms with Crippen molar-refractivity contribution in [2.24, 2.45) is 5.73 Å². The molecule has 0 radical (unpaired) electrons. The average molecular weight is 779 g/mol. The lowest BCUT2D eigenvalue weighted by atomic mass is 10.0. The number of methoxy groups -OCH3 is 2. The minimum Gasteiger partial charge on any atom is -0.453 e. The number of carbonyl (C=O) groups excluding carboxylic acids is 4. The number of aromatic nitrogens is 6. The zero-order valence-electron chi connectivity index (χ0n) is 32.0. The van der Waals surface area contributed by atoms with Gasteiger partial charge in [0.25, 0.3) is 5.91 Å². The van der Waals surface area contributed by atoms with E-state index in [4.69, 9.17) is 19.9 Å². The van der Waals surface area contributed by atoms with E-state index in [1.807, 2.05) is 48.5 Å². The van der Waals surface area contributed by atoms with Gasteiger partial charge in [0.05, 0.1) is 55.6 Å². The van der Waals surface area contributed by atoms with E-state index in [2.05, 4.69) is 30.4 Å². The molecule has 5 heterocycles. The van der Waals surface area contributed by atoms with Crippen LogP contribution in [0.2, 0.25) is 0 Å². The number of amides is 4. The Kier molecular flexibility index (Phi) is 11.6. The predicted molar refractivity (Wildman–Crippen MR) is 207 cm³/mol. The minimum atomic E-state index is -1.11. The van der Waals surface area contributed by atoms with Crippen LogP contribution in [0.1, 0.15) is 56.3 Å². The van der Waals surface area contributed by atoms with Gasteiger partial charge in [0.1, 0.15) is 17.7 Å². The Morgan fingerprint density at radius 2 is 1.35 bits per heavy atom. The van der Waals surface area contributed by atoms with E-state index in [9.17, 15) is 19.2 Å². The molecule has 4 amide bonds. The van der Waals surface area contributed by atoms with Gasteiger partial charge in [-0.25, -0.2) is 19.6 Å². The van der Waals surface area contributed by atoms with Crippen LogP contribution >= 0.6 is 0 Å². The van der Waals surface area contributed by atoms with Gasteiger partial charge in [-0.05, 0) is 60.9 Å². The van der Waals surface area contributed by atoms with Crippen LogP contribution in [0.4, 0.5) is 9.59 Å². The Morgan fingerprint density at radius 1 is 0.825 bits per heavy atom. The van der Waals surface area contributed by atoms with Crippen LogP contribution in [0.25, 0.3) is 33.6 Å². The number of benzene rings is 2. The van der Waals surface area contributed by atoms with Crippen molar-refractivity contribution in [3.8, 4) is 33.6 Å². The average Bonchev–Trinajstić information content (AvgIpc) is 4.08. The minimum absolute atomic E-state index is 0.0545. The lowest BCUT2D eigenvalue weighted by molar-refractivity contribution is -0.142. The summed E-state index contributed by atoms with van der Waals surface area (Å²) in [6.45, 7) is 2.82. The molecule has 5 N–H and O–H groups in total. The molecule has 0 spiro atoms. The van der Waals surface area contributed by atoms with Gasteiger partial charge in [0.15, 0.2) is 0 Å². The molecule has 57 heavy (non-hydrogen) atoms. The highest BCUT2D eigenvalue weighted by atomic mass is 16.6. The van der Waals surface area contributed by atoms with Crippen LogP contribution in [-0.4, -0.2) is 109 Å². The molecule has 1 unspecified atom stereocenters. The summed E-state index contributed by atoms with van der Waals surface area (Å²) in [6.07, 6.45) is 6.45. The van der Waals surface area contributed by atoms with E-state index in [1.165, 1.54) is 18.9 Å². The van der Waals surface area contributed by atoms with Crippen molar-refractivity contribution in [1.29, 1.82) is 0 Å². The molecule has 5 aromatic rings. The lowest BCUT2D eigenvalue weighted by Crippen LogP contribution is -2.54. The molecule has 17 heteroatoms. The molecule has 2 aromatic carbocycles. The van der Waals surface area contributed by atoms with Crippen molar-refractivity contribution < 1.29 is 33.4 Å². The van der Waals surface area contributed by atoms with E-state index in [0.29, 0.717) is 31.2 Å². The zero-order chi connectivity index (χ0) is 40.1. The largest absolute Gasteiger partial charge is 0.453 e. The number of alkyl carbamates (subject to hydrolysis) is 1. The number of H-pyrrole nitrogens is 2. The summed E-state index contributed by atoms with van der Waals surface area (Å²) in [4.78, 5) is 70.4. The summed E-state index contributed by atoms with van der Waals surface area (Å²) in [6, 6.07) is 16.5. The fraction of sp³-hybridized carbons (Fsp3) is 0.375.